The van der Waals surface area contributed by atoms with E-state index in [1.807, 2.05) is 109 Å². The summed E-state index contributed by atoms with van der Waals surface area (Å²) >= 11 is 7.61. The van der Waals surface area contributed by atoms with E-state index >= 15 is 0 Å². The molecule has 0 saturated heterocycles. The molecular weight excluding hydrogens is 690 g/mol. The predicted octanol–water partition coefficient (Wildman–Crippen LogP) is 8.23. The maximum Gasteiger partial charge on any atom is 0.234 e. The van der Waals surface area contributed by atoms with E-state index in [0.29, 0.717) is 28.0 Å². The van der Waals surface area contributed by atoms with Crippen LogP contribution in [0.4, 0.5) is 5.69 Å². The lowest BCUT2D eigenvalue weighted by Crippen LogP contribution is -2.14. The molecule has 0 aliphatic heterocycles. The van der Waals surface area contributed by atoms with E-state index in [9.17, 15) is 9.59 Å². The standard InChI is InChI=1S/C33H26BrN5O3S3/c1-21-7-5-6-10-28(21)42-18-30-37-38-32(39(30)25-8-3-2-4-9-25)43-20-31(41)35-24-15-16-26-29(17-24)45-33(36-26)44-19-27(40)22-11-13-23(34)14-12-22/h2-17H,18-20H2,1H3,(H,35,41). The van der Waals surface area contributed by atoms with Gasteiger partial charge in [-0.05, 0) is 61.0 Å². The van der Waals surface area contributed by atoms with Crippen molar-refractivity contribution in [2.75, 3.05) is 16.8 Å². The number of hydrogen-bond acceptors (Lipinski definition) is 9. The third-order valence-corrected chi connectivity index (χ3v) is 10.3. The number of ketones is 1. The van der Waals surface area contributed by atoms with Gasteiger partial charge >= 0.3 is 0 Å². The summed E-state index contributed by atoms with van der Waals surface area (Å²) in [6.45, 7) is 2.23. The molecule has 0 saturated carbocycles. The lowest BCUT2D eigenvalue weighted by Gasteiger charge is -2.12. The van der Waals surface area contributed by atoms with Crippen LogP contribution in [-0.2, 0) is 11.4 Å². The summed E-state index contributed by atoms with van der Waals surface area (Å²) in [4.78, 5) is 30.2. The number of carbonyl (C=O) groups is 2. The predicted molar refractivity (Wildman–Crippen MR) is 185 cm³/mol. The van der Waals surface area contributed by atoms with E-state index in [-0.39, 0.29) is 24.1 Å². The number of aromatic nitrogens is 4. The third-order valence-electron chi connectivity index (χ3n) is 6.64. The van der Waals surface area contributed by atoms with Gasteiger partial charge in [0.2, 0.25) is 5.91 Å². The van der Waals surface area contributed by atoms with E-state index in [1.165, 1.54) is 34.9 Å². The molecule has 0 unspecified atom stereocenters. The summed E-state index contributed by atoms with van der Waals surface area (Å²) in [6.07, 6.45) is 0. The van der Waals surface area contributed by atoms with E-state index in [2.05, 4.69) is 36.4 Å². The smallest absolute Gasteiger partial charge is 0.234 e. The number of fused-ring (bicyclic) bond motifs is 1. The molecule has 0 atom stereocenters. The number of thiazole rings is 1. The number of anilines is 1. The van der Waals surface area contributed by atoms with Crippen LogP contribution in [0.5, 0.6) is 5.75 Å². The van der Waals surface area contributed by atoms with Crippen molar-refractivity contribution in [1.29, 1.82) is 0 Å². The van der Waals surface area contributed by atoms with Crippen LogP contribution in [0.15, 0.2) is 111 Å². The van der Waals surface area contributed by atoms with Crippen molar-refractivity contribution in [3.8, 4) is 11.4 Å². The number of thioether (sulfide) groups is 2. The van der Waals surface area contributed by atoms with Gasteiger partial charge in [-0.15, -0.1) is 21.5 Å². The number of hydrogen-bond donors (Lipinski definition) is 1. The number of rotatable bonds is 12. The molecule has 2 heterocycles. The van der Waals surface area contributed by atoms with Crippen LogP contribution in [0, 0.1) is 6.92 Å². The Labute approximate surface area is 280 Å². The van der Waals surface area contributed by atoms with Crippen LogP contribution in [-0.4, -0.2) is 42.9 Å². The van der Waals surface area contributed by atoms with Crippen molar-refractivity contribution in [2.45, 2.75) is 23.0 Å². The Kier molecular flexibility index (Phi) is 9.94. The zero-order valence-corrected chi connectivity index (χ0v) is 28.0. The van der Waals surface area contributed by atoms with E-state index < -0.39 is 0 Å². The van der Waals surface area contributed by atoms with Gasteiger partial charge in [0.1, 0.15) is 12.4 Å². The number of ether oxygens (including phenoxy) is 1. The zero-order chi connectivity index (χ0) is 31.2. The first-order valence-electron chi connectivity index (χ1n) is 13.9. The highest BCUT2D eigenvalue weighted by Gasteiger charge is 2.17. The number of amides is 1. The van der Waals surface area contributed by atoms with Gasteiger partial charge in [-0.25, -0.2) is 4.98 Å². The molecule has 0 radical (unpaired) electrons. The van der Waals surface area contributed by atoms with E-state index in [0.717, 1.165) is 36.0 Å². The number of benzene rings is 4. The summed E-state index contributed by atoms with van der Waals surface area (Å²) in [6, 6.07) is 30.6. The Morgan fingerprint density at radius 3 is 2.49 bits per heavy atom. The largest absolute Gasteiger partial charge is 0.485 e. The van der Waals surface area contributed by atoms with Gasteiger partial charge in [0, 0.05) is 21.4 Å². The van der Waals surface area contributed by atoms with Crippen LogP contribution in [0.25, 0.3) is 15.9 Å². The molecule has 0 aliphatic rings. The van der Waals surface area contributed by atoms with Crippen LogP contribution < -0.4 is 10.1 Å². The number of nitrogens with zero attached hydrogens (tertiary/aromatic N) is 4. The van der Waals surface area contributed by atoms with Gasteiger partial charge in [0.15, 0.2) is 21.1 Å². The molecule has 6 aromatic rings. The Balaban J connectivity index is 1.09. The maximum atomic E-state index is 13.0. The third kappa shape index (κ3) is 7.82. The van der Waals surface area contributed by atoms with Gasteiger partial charge < -0.3 is 10.1 Å². The fourth-order valence-electron chi connectivity index (χ4n) is 4.40. The highest BCUT2D eigenvalue weighted by atomic mass is 79.9. The monoisotopic (exact) mass is 715 g/mol. The molecule has 1 amide bonds. The van der Waals surface area contributed by atoms with Crippen LogP contribution in [0.1, 0.15) is 21.7 Å². The summed E-state index contributed by atoms with van der Waals surface area (Å²) in [5, 5.41) is 12.3. The van der Waals surface area contributed by atoms with E-state index in [1.54, 1.807) is 0 Å². The Bertz CT molecular complexity index is 1960. The van der Waals surface area contributed by atoms with Crippen LogP contribution in [0.3, 0.4) is 0 Å². The van der Waals surface area contributed by atoms with Gasteiger partial charge in [-0.3, -0.25) is 14.2 Å². The number of nitrogens with one attached hydrogen (secondary N) is 1. The number of carbonyl (C=O) groups excluding carboxylic acids is 2. The highest BCUT2D eigenvalue weighted by molar-refractivity contribution is 9.10. The summed E-state index contributed by atoms with van der Waals surface area (Å²) in [5.41, 5.74) is 4.09. The van der Waals surface area contributed by atoms with Crippen molar-refractivity contribution in [1.82, 2.24) is 19.7 Å². The average Bonchev–Trinajstić information content (AvgIpc) is 3.66. The summed E-state index contributed by atoms with van der Waals surface area (Å²) < 4.78 is 10.6. The quantitative estimate of drug-likeness (QED) is 0.1000. The first kappa shape index (κ1) is 31.0. The van der Waals surface area contributed by atoms with Crippen molar-refractivity contribution in [3.63, 3.8) is 0 Å². The molecule has 1 N–H and O–H groups in total. The van der Waals surface area contributed by atoms with Gasteiger partial charge in [0.25, 0.3) is 0 Å². The van der Waals surface area contributed by atoms with Gasteiger partial charge in [-0.1, -0.05) is 88.0 Å². The highest BCUT2D eigenvalue weighted by Crippen LogP contribution is 2.32. The van der Waals surface area contributed by atoms with Crippen molar-refractivity contribution >= 4 is 78.4 Å². The zero-order valence-electron chi connectivity index (χ0n) is 24.0. The fraction of sp³-hybridized carbons (Fsp3) is 0.121. The number of aryl methyl sites for hydroxylation is 1. The summed E-state index contributed by atoms with van der Waals surface area (Å²) in [5.74, 6) is 1.74. The number of Topliss-reactive ketones (excluding diaryl/α,β-unsaturated/α-hetero) is 1. The average molecular weight is 717 g/mol. The van der Waals surface area contributed by atoms with Crippen molar-refractivity contribution in [2.24, 2.45) is 0 Å². The maximum absolute atomic E-state index is 13.0. The van der Waals surface area contributed by atoms with Crippen molar-refractivity contribution in [3.05, 3.63) is 118 Å². The second kappa shape index (κ2) is 14.4. The molecule has 226 valence electrons. The molecular formula is C33H26BrN5O3S3. The summed E-state index contributed by atoms with van der Waals surface area (Å²) in [7, 11) is 0. The van der Waals surface area contributed by atoms with Crippen LogP contribution in [0.2, 0.25) is 0 Å². The Morgan fingerprint density at radius 2 is 1.69 bits per heavy atom. The Hall–Kier alpha value is -3.97. The number of halogens is 1. The second-order valence-electron chi connectivity index (χ2n) is 9.84. The molecule has 0 spiro atoms. The van der Waals surface area contributed by atoms with E-state index in [4.69, 9.17) is 4.74 Å². The molecule has 4 aromatic carbocycles. The molecule has 8 nitrogen and oxygen atoms in total. The molecule has 45 heavy (non-hydrogen) atoms. The van der Waals surface area contributed by atoms with Crippen LogP contribution >= 0.6 is 50.8 Å². The molecule has 0 bridgehead atoms. The molecule has 6 rings (SSSR count). The van der Waals surface area contributed by atoms with Crippen molar-refractivity contribution < 1.29 is 14.3 Å². The molecule has 0 aliphatic carbocycles. The fourth-order valence-corrected chi connectivity index (χ4v) is 7.44. The first-order chi connectivity index (χ1) is 21.9. The lowest BCUT2D eigenvalue weighted by atomic mass is 10.2. The topological polar surface area (TPSA) is 99.0 Å². The minimum Gasteiger partial charge on any atom is -0.485 e. The Morgan fingerprint density at radius 1 is 0.911 bits per heavy atom. The molecule has 12 heteroatoms. The SMILES string of the molecule is Cc1ccccc1OCc1nnc(SCC(=O)Nc2ccc3nc(SCC(=O)c4ccc(Br)cc4)sc3c2)n1-c1ccccc1. The van der Waals surface area contributed by atoms with Gasteiger partial charge in [-0.2, -0.15) is 0 Å². The molecule has 0 fully saturated rings. The lowest BCUT2D eigenvalue weighted by molar-refractivity contribution is -0.113. The number of para-hydroxylation sites is 2. The second-order valence-corrected chi connectivity index (χ2v) is 14.0. The normalized spacial score (nSPS) is 11.1. The minimum absolute atomic E-state index is 0.0474. The molecule has 2 aromatic heterocycles. The minimum atomic E-state index is -0.168. The first-order valence-corrected chi connectivity index (χ1v) is 17.4. The van der Waals surface area contributed by atoms with Gasteiger partial charge in [0.05, 0.1) is 21.7 Å².